The summed E-state index contributed by atoms with van der Waals surface area (Å²) < 4.78 is 12.3. The predicted molar refractivity (Wildman–Crippen MR) is 85.9 cm³/mol. The van der Waals surface area contributed by atoms with Gasteiger partial charge in [0.1, 0.15) is 0 Å². The van der Waals surface area contributed by atoms with E-state index in [4.69, 9.17) is 14.3 Å². The van der Waals surface area contributed by atoms with Crippen LogP contribution in [0.2, 0.25) is 0 Å². The summed E-state index contributed by atoms with van der Waals surface area (Å²) in [5.74, 6) is 0.617. The molecule has 1 aromatic heterocycles. The number of pyridine rings is 1. The minimum atomic E-state index is -0.289. The van der Waals surface area contributed by atoms with Crippen molar-refractivity contribution in [3.05, 3.63) is 23.5 Å². The quantitative estimate of drug-likeness (QED) is 0.782. The smallest absolute Gasteiger partial charge is 0.399 e. The maximum absolute atomic E-state index is 6.17. The summed E-state index contributed by atoms with van der Waals surface area (Å²) in [7, 11) is -0.281. The van der Waals surface area contributed by atoms with Crippen LogP contribution in [0.25, 0.3) is 0 Å². The zero-order chi connectivity index (χ0) is 15.3. The second-order valence-electron chi connectivity index (χ2n) is 7.54. The van der Waals surface area contributed by atoms with E-state index >= 15 is 0 Å². The second-order valence-corrected chi connectivity index (χ2v) is 7.54. The van der Waals surface area contributed by atoms with Crippen LogP contribution in [-0.2, 0) is 9.31 Å². The largest absolute Gasteiger partial charge is 0.494 e. The maximum atomic E-state index is 6.17. The molecule has 0 aromatic carbocycles. The van der Waals surface area contributed by atoms with Gasteiger partial charge in [0.05, 0.1) is 11.2 Å². The molecular weight excluding hydrogens is 261 g/mol. The fourth-order valence-corrected chi connectivity index (χ4v) is 3.27. The molecule has 0 atom stereocenters. The molecule has 3 rings (SSSR count). The molecule has 1 aliphatic heterocycles. The second kappa shape index (κ2) is 5.10. The summed E-state index contributed by atoms with van der Waals surface area (Å²) >= 11 is 0. The van der Waals surface area contributed by atoms with Crippen molar-refractivity contribution in [2.45, 2.75) is 77.4 Å². The molecule has 0 amide bonds. The van der Waals surface area contributed by atoms with Gasteiger partial charge >= 0.3 is 7.12 Å². The van der Waals surface area contributed by atoms with Crippen molar-refractivity contribution in [1.82, 2.24) is 4.98 Å². The number of aromatic nitrogens is 1. The lowest BCUT2D eigenvalue weighted by Gasteiger charge is -2.32. The van der Waals surface area contributed by atoms with E-state index < -0.39 is 0 Å². The molecule has 114 valence electrons. The lowest BCUT2D eigenvalue weighted by molar-refractivity contribution is 0.00578. The van der Waals surface area contributed by atoms with Crippen molar-refractivity contribution in [2.24, 2.45) is 0 Å². The van der Waals surface area contributed by atoms with Crippen LogP contribution in [0, 0.1) is 6.92 Å². The number of rotatable bonds is 2. The van der Waals surface area contributed by atoms with Crippen molar-refractivity contribution >= 4 is 12.6 Å². The van der Waals surface area contributed by atoms with Crippen molar-refractivity contribution in [1.29, 1.82) is 0 Å². The first-order valence-electron chi connectivity index (χ1n) is 8.13. The molecule has 2 aliphatic rings. The van der Waals surface area contributed by atoms with E-state index in [1.807, 2.05) is 0 Å². The molecule has 21 heavy (non-hydrogen) atoms. The van der Waals surface area contributed by atoms with E-state index in [1.165, 1.54) is 31.4 Å². The fourth-order valence-electron chi connectivity index (χ4n) is 3.27. The molecule has 0 bridgehead atoms. The van der Waals surface area contributed by atoms with Crippen molar-refractivity contribution in [2.75, 3.05) is 0 Å². The molecule has 1 saturated heterocycles. The average Bonchev–Trinajstić information content (AvgIpc) is 2.96. The van der Waals surface area contributed by atoms with Gasteiger partial charge in [0.15, 0.2) is 0 Å². The Bertz CT molecular complexity index is 520. The lowest BCUT2D eigenvalue weighted by atomic mass is 9.78. The third-order valence-electron chi connectivity index (χ3n) is 5.29. The van der Waals surface area contributed by atoms with Gasteiger partial charge in [-0.25, -0.2) is 0 Å². The molecule has 0 radical (unpaired) electrons. The van der Waals surface area contributed by atoms with E-state index in [0.717, 1.165) is 11.2 Å². The third kappa shape index (κ3) is 2.76. The molecular formula is C17H26BNO2. The monoisotopic (exact) mass is 287 g/mol. The highest BCUT2D eigenvalue weighted by Gasteiger charge is 2.51. The topological polar surface area (TPSA) is 31.4 Å². The summed E-state index contributed by atoms with van der Waals surface area (Å²) in [6, 6.07) is 4.30. The molecule has 0 N–H and O–H groups in total. The van der Waals surface area contributed by atoms with E-state index in [9.17, 15) is 0 Å². The standard InChI is InChI=1S/C17H26BNO2/c1-12-10-14(11-15(19-12)13-8-6-7-9-13)18-20-16(2,3)17(4,5)21-18/h10-11,13H,6-9H2,1-5H3. The minimum absolute atomic E-state index is 0.281. The van der Waals surface area contributed by atoms with Gasteiger partial charge < -0.3 is 9.31 Å². The van der Waals surface area contributed by atoms with E-state index in [-0.39, 0.29) is 18.3 Å². The third-order valence-corrected chi connectivity index (χ3v) is 5.29. The molecule has 1 aromatic rings. The summed E-state index contributed by atoms with van der Waals surface area (Å²) in [6.45, 7) is 10.4. The fraction of sp³-hybridized carbons (Fsp3) is 0.706. The highest BCUT2D eigenvalue weighted by atomic mass is 16.7. The van der Waals surface area contributed by atoms with Crippen LogP contribution in [0.15, 0.2) is 12.1 Å². The number of nitrogens with zero attached hydrogens (tertiary/aromatic N) is 1. The van der Waals surface area contributed by atoms with Gasteiger partial charge in [0.25, 0.3) is 0 Å². The van der Waals surface area contributed by atoms with Crippen LogP contribution < -0.4 is 5.46 Å². The molecule has 2 heterocycles. The Balaban J connectivity index is 1.89. The molecule has 1 aliphatic carbocycles. The van der Waals surface area contributed by atoms with Gasteiger partial charge in [-0.2, -0.15) is 0 Å². The summed E-state index contributed by atoms with van der Waals surface area (Å²) in [5.41, 5.74) is 2.81. The van der Waals surface area contributed by atoms with Gasteiger partial charge in [0.2, 0.25) is 0 Å². The van der Waals surface area contributed by atoms with Crippen LogP contribution in [0.5, 0.6) is 0 Å². The van der Waals surface area contributed by atoms with Crippen molar-refractivity contribution in [3.8, 4) is 0 Å². The van der Waals surface area contributed by atoms with Crippen LogP contribution in [0.4, 0.5) is 0 Å². The number of hydrogen-bond donors (Lipinski definition) is 0. The summed E-state index contributed by atoms with van der Waals surface area (Å²) in [5, 5.41) is 0. The molecule has 2 fully saturated rings. The highest BCUT2D eigenvalue weighted by molar-refractivity contribution is 6.62. The van der Waals surface area contributed by atoms with Gasteiger partial charge in [-0.15, -0.1) is 0 Å². The zero-order valence-electron chi connectivity index (χ0n) is 13.9. The molecule has 1 saturated carbocycles. The van der Waals surface area contributed by atoms with Gasteiger partial charge in [-0.05, 0) is 65.1 Å². The Morgan fingerprint density at radius 3 is 2.19 bits per heavy atom. The van der Waals surface area contributed by atoms with Gasteiger partial charge in [0, 0.05) is 17.3 Å². The van der Waals surface area contributed by atoms with Crippen LogP contribution in [-0.4, -0.2) is 23.3 Å². The van der Waals surface area contributed by atoms with E-state index in [2.05, 4.69) is 46.8 Å². The Morgan fingerprint density at radius 2 is 1.62 bits per heavy atom. The van der Waals surface area contributed by atoms with E-state index in [1.54, 1.807) is 0 Å². The van der Waals surface area contributed by atoms with Crippen LogP contribution >= 0.6 is 0 Å². The Kier molecular flexibility index (Phi) is 3.65. The van der Waals surface area contributed by atoms with E-state index in [0.29, 0.717) is 5.92 Å². The van der Waals surface area contributed by atoms with Crippen LogP contribution in [0.3, 0.4) is 0 Å². The predicted octanol–water partition coefficient (Wildman–Crippen LogP) is 3.35. The summed E-state index contributed by atoms with van der Waals surface area (Å²) in [4.78, 5) is 4.75. The molecule has 0 unspecified atom stereocenters. The Labute approximate surface area is 128 Å². The Hall–Kier alpha value is -0.865. The average molecular weight is 287 g/mol. The first kappa shape index (κ1) is 15.0. The maximum Gasteiger partial charge on any atom is 0.494 e. The Morgan fingerprint density at radius 1 is 1.05 bits per heavy atom. The van der Waals surface area contributed by atoms with Crippen molar-refractivity contribution < 1.29 is 9.31 Å². The SMILES string of the molecule is Cc1cc(B2OC(C)(C)C(C)(C)O2)cc(C2CCCC2)n1. The van der Waals surface area contributed by atoms with Gasteiger partial charge in [-0.1, -0.05) is 12.8 Å². The number of aryl methyl sites for hydroxylation is 1. The molecule has 4 heteroatoms. The normalized spacial score (nSPS) is 24.7. The minimum Gasteiger partial charge on any atom is -0.399 e. The van der Waals surface area contributed by atoms with Crippen molar-refractivity contribution in [3.63, 3.8) is 0 Å². The highest BCUT2D eigenvalue weighted by Crippen LogP contribution is 2.37. The molecule has 3 nitrogen and oxygen atoms in total. The lowest BCUT2D eigenvalue weighted by Crippen LogP contribution is -2.41. The first-order valence-corrected chi connectivity index (χ1v) is 8.13. The zero-order valence-corrected chi connectivity index (χ0v) is 13.9. The first-order chi connectivity index (χ1) is 9.78. The number of hydrogen-bond acceptors (Lipinski definition) is 3. The van der Waals surface area contributed by atoms with Crippen LogP contribution in [0.1, 0.15) is 70.7 Å². The summed E-state index contributed by atoms with van der Waals surface area (Å²) in [6.07, 6.45) is 5.18. The van der Waals surface area contributed by atoms with Gasteiger partial charge in [-0.3, -0.25) is 4.98 Å². The molecule has 0 spiro atoms.